The zero-order chi connectivity index (χ0) is 25.1. The van der Waals surface area contributed by atoms with Crippen LogP contribution in [0.2, 0.25) is 10.0 Å². The van der Waals surface area contributed by atoms with Crippen molar-refractivity contribution in [3.63, 3.8) is 0 Å². The van der Waals surface area contributed by atoms with E-state index >= 15 is 0 Å². The molecule has 2 aromatic carbocycles. The number of rotatable bonds is 8. The number of ether oxygens (including phenoxy) is 1. The van der Waals surface area contributed by atoms with Crippen molar-refractivity contribution in [3.05, 3.63) is 80.4 Å². The number of anilines is 1. The van der Waals surface area contributed by atoms with Gasteiger partial charge in [-0.3, -0.25) is 14.3 Å². The lowest BCUT2D eigenvalue weighted by atomic mass is 10.3. The van der Waals surface area contributed by atoms with Crippen molar-refractivity contribution in [1.29, 1.82) is 0 Å². The Hall–Kier alpha value is -3.21. The molecular weight excluding hydrogens is 511 g/mol. The van der Waals surface area contributed by atoms with Crippen molar-refractivity contribution in [2.24, 2.45) is 14.1 Å². The maximum absolute atomic E-state index is 13.0. The van der Waals surface area contributed by atoms with E-state index in [9.17, 15) is 9.59 Å². The molecule has 35 heavy (non-hydrogen) atoms. The third-order valence-corrected chi connectivity index (χ3v) is 6.88. The molecule has 0 saturated carbocycles. The summed E-state index contributed by atoms with van der Waals surface area (Å²) in [6.07, 6.45) is 0. The van der Waals surface area contributed by atoms with Gasteiger partial charge in [-0.15, -0.1) is 10.2 Å². The first-order chi connectivity index (χ1) is 16.8. The summed E-state index contributed by atoms with van der Waals surface area (Å²) in [5.41, 5.74) is 1.31. The first kappa shape index (κ1) is 24.9. The number of para-hydroxylation sites is 1. The fourth-order valence-corrected chi connectivity index (χ4v) is 4.54. The first-order valence-electron chi connectivity index (χ1n) is 10.5. The van der Waals surface area contributed by atoms with E-state index in [4.69, 9.17) is 27.9 Å². The third kappa shape index (κ3) is 5.39. The molecule has 0 atom stereocenters. The highest BCUT2D eigenvalue weighted by molar-refractivity contribution is 7.99. The Labute approximate surface area is 215 Å². The summed E-state index contributed by atoms with van der Waals surface area (Å²) in [5.74, 6) is 0.764. The van der Waals surface area contributed by atoms with E-state index in [0.717, 1.165) is 0 Å². The first-order valence-corrected chi connectivity index (χ1v) is 12.2. The van der Waals surface area contributed by atoms with Gasteiger partial charge in [0.05, 0.1) is 22.2 Å². The number of nitrogens with one attached hydrogen (secondary N) is 1. The molecule has 1 N–H and O–H groups in total. The molecule has 2 heterocycles. The van der Waals surface area contributed by atoms with Crippen LogP contribution in [0.1, 0.15) is 11.5 Å². The van der Waals surface area contributed by atoms with Crippen LogP contribution in [0, 0.1) is 6.92 Å². The van der Waals surface area contributed by atoms with Gasteiger partial charge in [-0.1, -0.05) is 53.2 Å². The Morgan fingerprint density at radius 3 is 2.57 bits per heavy atom. The minimum atomic E-state index is -0.324. The Kier molecular flexibility index (Phi) is 7.54. The zero-order valence-electron chi connectivity index (χ0n) is 19.2. The fourth-order valence-electron chi connectivity index (χ4n) is 3.35. The molecule has 0 radical (unpaired) electrons. The summed E-state index contributed by atoms with van der Waals surface area (Å²) in [6.45, 7) is 1.92. The average Bonchev–Trinajstić information content (AvgIpc) is 3.29. The Morgan fingerprint density at radius 2 is 1.86 bits per heavy atom. The number of benzene rings is 2. The minimum absolute atomic E-state index is 0.0505. The van der Waals surface area contributed by atoms with Crippen molar-refractivity contribution in [3.8, 4) is 11.4 Å². The van der Waals surface area contributed by atoms with Gasteiger partial charge < -0.3 is 14.6 Å². The van der Waals surface area contributed by atoms with E-state index < -0.39 is 0 Å². The van der Waals surface area contributed by atoms with Crippen LogP contribution in [0.25, 0.3) is 5.69 Å². The third-order valence-electron chi connectivity index (χ3n) is 5.33. The van der Waals surface area contributed by atoms with Crippen molar-refractivity contribution in [1.82, 2.24) is 24.1 Å². The number of halogens is 2. The smallest absolute Gasteiger partial charge is 0.295 e. The average molecular weight is 533 g/mol. The van der Waals surface area contributed by atoms with Crippen LogP contribution in [0.5, 0.6) is 5.75 Å². The molecule has 12 heteroatoms. The Bertz CT molecular complexity index is 1430. The molecule has 0 spiro atoms. The van der Waals surface area contributed by atoms with Crippen molar-refractivity contribution >= 4 is 46.6 Å². The van der Waals surface area contributed by atoms with Gasteiger partial charge in [0.15, 0.2) is 11.0 Å². The van der Waals surface area contributed by atoms with Gasteiger partial charge in [-0.25, -0.2) is 4.68 Å². The van der Waals surface area contributed by atoms with Gasteiger partial charge >= 0.3 is 0 Å². The lowest BCUT2D eigenvalue weighted by Gasteiger charge is -2.08. The van der Waals surface area contributed by atoms with Gasteiger partial charge in [0.1, 0.15) is 18.0 Å². The predicted molar refractivity (Wildman–Crippen MR) is 137 cm³/mol. The van der Waals surface area contributed by atoms with Crippen LogP contribution in [-0.4, -0.2) is 35.8 Å². The molecule has 0 unspecified atom stereocenters. The number of carbonyl (C=O) groups excluding carboxylic acids is 1. The molecule has 4 rings (SSSR count). The highest BCUT2D eigenvalue weighted by Crippen LogP contribution is 2.28. The molecule has 182 valence electrons. The highest BCUT2D eigenvalue weighted by atomic mass is 35.5. The minimum Gasteiger partial charge on any atom is -0.484 e. The number of thioether (sulfide) groups is 1. The second kappa shape index (κ2) is 10.6. The number of carbonyl (C=O) groups is 1. The molecule has 0 aliphatic rings. The molecule has 0 fully saturated rings. The van der Waals surface area contributed by atoms with Crippen LogP contribution in [0.4, 0.5) is 5.69 Å². The Morgan fingerprint density at radius 1 is 1.11 bits per heavy atom. The SMILES string of the molecule is Cc1c(NC(=O)CSc2nnc(COc3ccc(Cl)cc3Cl)n2C)c(=O)n(-c2ccccc2)n1C. The zero-order valence-corrected chi connectivity index (χ0v) is 21.5. The van der Waals surface area contributed by atoms with Gasteiger partial charge in [-0.2, -0.15) is 0 Å². The fraction of sp³-hybridized carbons (Fsp3) is 0.217. The molecule has 9 nitrogen and oxygen atoms in total. The summed E-state index contributed by atoms with van der Waals surface area (Å²) >= 11 is 13.2. The highest BCUT2D eigenvalue weighted by Gasteiger charge is 2.19. The monoisotopic (exact) mass is 532 g/mol. The summed E-state index contributed by atoms with van der Waals surface area (Å²) in [7, 11) is 3.55. The predicted octanol–water partition coefficient (Wildman–Crippen LogP) is 4.23. The van der Waals surface area contributed by atoms with Crippen LogP contribution >= 0.6 is 35.0 Å². The second-order valence-electron chi connectivity index (χ2n) is 7.59. The number of hydrogen-bond acceptors (Lipinski definition) is 6. The van der Waals surface area contributed by atoms with Crippen molar-refractivity contribution in [2.75, 3.05) is 11.1 Å². The van der Waals surface area contributed by atoms with E-state index in [2.05, 4.69) is 15.5 Å². The second-order valence-corrected chi connectivity index (χ2v) is 9.38. The molecule has 2 aromatic heterocycles. The topological polar surface area (TPSA) is 96.0 Å². The maximum atomic E-state index is 13.0. The molecule has 0 bridgehead atoms. The largest absolute Gasteiger partial charge is 0.484 e. The maximum Gasteiger partial charge on any atom is 0.295 e. The number of nitrogens with zero attached hydrogens (tertiary/aromatic N) is 5. The van der Waals surface area contributed by atoms with Crippen LogP contribution in [0.3, 0.4) is 0 Å². The number of hydrogen-bond donors (Lipinski definition) is 1. The molecule has 0 aliphatic heterocycles. The van der Waals surface area contributed by atoms with Gasteiger partial charge in [0.2, 0.25) is 5.91 Å². The Balaban J connectivity index is 1.39. The number of amides is 1. The molecule has 0 saturated heterocycles. The molecule has 4 aromatic rings. The van der Waals surface area contributed by atoms with E-state index in [1.165, 1.54) is 16.4 Å². The standard InChI is InChI=1S/C23H22Cl2N6O3S/c1-14-21(22(33)31(30(14)3)16-7-5-4-6-8-16)26-20(32)13-35-23-28-27-19(29(23)2)12-34-18-10-9-15(24)11-17(18)25/h4-11H,12-13H2,1-3H3,(H,26,32). The van der Waals surface area contributed by atoms with Crippen LogP contribution < -0.4 is 15.6 Å². The summed E-state index contributed by atoms with van der Waals surface area (Å²) < 4.78 is 10.7. The lowest BCUT2D eigenvalue weighted by Crippen LogP contribution is -2.23. The van der Waals surface area contributed by atoms with Gasteiger partial charge in [0.25, 0.3) is 5.56 Å². The lowest BCUT2D eigenvalue weighted by molar-refractivity contribution is -0.113. The van der Waals surface area contributed by atoms with E-state index in [1.54, 1.807) is 48.5 Å². The normalized spacial score (nSPS) is 11.0. The van der Waals surface area contributed by atoms with Gasteiger partial charge in [-0.05, 0) is 37.3 Å². The van der Waals surface area contributed by atoms with Crippen molar-refractivity contribution in [2.45, 2.75) is 18.7 Å². The summed E-state index contributed by atoms with van der Waals surface area (Å²) in [4.78, 5) is 25.6. The van der Waals surface area contributed by atoms with E-state index in [0.29, 0.717) is 38.2 Å². The van der Waals surface area contributed by atoms with E-state index in [-0.39, 0.29) is 29.5 Å². The summed E-state index contributed by atoms with van der Waals surface area (Å²) in [6, 6.07) is 14.2. The molecule has 0 aliphatic carbocycles. The van der Waals surface area contributed by atoms with Gasteiger partial charge in [0, 0.05) is 19.1 Å². The summed E-state index contributed by atoms with van der Waals surface area (Å²) in [5, 5.41) is 12.4. The van der Waals surface area contributed by atoms with Crippen LogP contribution in [-0.2, 0) is 25.5 Å². The quantitative estimate of drug-likeness (QED) is 0.341. The van der Waals surface area contributed by atoms with Crippen LogP contribution in [0.15, 0.2) is 58.5 Å². The van der Waals surface area contributed by atoms with E-state index in [1.807, 2.05) is 30.3 Å². The van der Waals surface area contributed by atoms with Crippen molar-refractivity contribution < 1.29 is 9.53 Å². The molecular formula is C23H22Cl2N6O3S. The molecule has 1 amide bonds. The number of aromatic nitrogens is 5.